The maximum Gasteiger partial charge on any atom is 0.222 e. The number of nitrogens with two attached hydrogens (primary N) is 2. The highest BCUT2D eigenvalue weighted by Crippen LogP contribution is 2.03. The van der Waals surface area contributed by atoms with Gasteiger partial charge in [-0.2, -0.15) is 0 Å². The number of hydrogen-bond donors (Lipinski definition) is 2. The fourth-order valence-electron chi connectivity index (χ4n) is 0.591. The van der Waals surface area contributed by atoms with E-state index in [4.69, 9.17) is 11.5 Å². The summed E-state index contributed by atoms with van der Waals surface area (Å²) in [5.41, 5.74) is 10.9. The van der Waals surface area contributed by atoms with Crippen LogP contribution in [0.3, 0.4) is 0 Å². The van der Waals surface area contributed by atoms with E-state index in [1.807, 2.05) is 6.92 Å². The fourth-order valence-corrected chi connectivity index (χ4v) is 0.802. The lowest BCUT2D eigenvalue weighted by Gasteiger charge is -2.13. The Morgan fingerprint density at radius 1 is 1.30 bits per heavy atom. The van der Waals surface area contributed by atoms with Crippen molar-refractivity contribution < 1.29 is 0 Å². The van der Waals surface area contributed by atoms with Gasteiger partial charge in [-0.25, -0.2) is 9.98 Å². The van der Waals surface area contributed by atoms with E-state index >= 15 is 0 Å². The van der Waals surface area contributed by atoms with Gasteiger partial charge in [0.2, 0.25) is 5.11 Å². The summed E-state index contributed by atoms with van der Waals surface area (Å²) in [5.74, 6) is 0.807. The van der Waals surface area contributed by atoms with Gasteiger partial charge in [0, 0.05) is 0 Å². The van der Waals surface area contributed by atoms with Crippen LogP contribution in [0.2, 0.25) is 0 Å². The average Bonchev–Trinajstić information content (AvgIpc) is 1.82. The highest BCUT2D eigenvalue weighted by atomic mass is 32.1. The predicted octanol–water partition coefficient (Wildman–Crippen LogP) is -0.365. The van der Waals surface area contributed by atoms with E-state index in [9.17, 15) is 0 Å². The van der Waals surface area contributed by atoms with Gasteiger partial charge < -0.3 is 11.5 Å². The molecular weight excluding hydrogens is 148 g/mol. The standard InChI is InChI=1S/C5H8N4S/c1-2-3(6)8-5(10)9-4(2)7/h2H,1H3,(H4,6,7,8,9,10). The minimum atomic E-state index is -0.0771. The molecule has 0 aromatic carbocycles. The van der Waals surface area contributed by atoms with Gasteiger partial charge in [0.05, 0.1) is 5.92 Å². The van der Waals surface area contributed by atoms with Crippen LogP contribution in [0.1, 0.15) is 6.92 Å². The molecule has 54 valence electrons. The molecule has 0 fully saturated rings. The van der Waals surface area contributed by atoms with E-state index in [1.54, 1.807) is 0 Å². The molecule has 0 amide bonds. The van der Waals surface area contributed by atoms with Crippen LogP contribution in [0, 0.1) is 5.92 Å². The zero-order valence-electron chi connectivity index (χ0n) is 5.53. The number of rotatable bonds is 0. The highest BCUT2D eigenvalue weighted by Gasteiger charge is 2.16. The second-order valence-electron chi connectivity index (χ2n) is 2.08. The summed E-state index contributed by atoms with van der Waals surface area (Å²) >= 11 is 4.68. The van der Waals surface area contributed by atoms with E-state index in [0.717, 1.165) is 0 Å². The molecule has 0 saturated heterocycles. The zero-order valence-corrected chi connectivity index (χ0v) is 6.35. The average molecular weight is 156 g/mol. The SMILES string of the molecule is CC1C(N)=NC(=S)N=C1N. The second-order valence-corrected chi connectivity index (χ2v) is 2.44. The molecule has 0 saturated carbocycles. The normalized spacial score (nSPS) is 20.3. The van der Waals surface area contributed by atoms with Gasteiger partial charge in [0.1, 0.15) is 11.7 Å². The molecule has 0 aromatic rings. The Kier molecular flexibility index (Phi) is 1.67. The molecule has 0 bridgehead atoms. The first-order valence-electron chi connectivity index (χ1n) is 2.83. The minimum absolute atomic E-state index is 0.0771. The number of thiocarbonyl (C=S) groups is 1. The van der Waals surface area contributed by atoms with Gasteiger partial charge in [-0.1, -0.05) is 0 Å². The van der Waals surface area contributed by atoms with Gasteiger partial charge >= 0.3 is 0 Å². The first-order valence-corrected chi connectivity index (χ1v) is 3.24. The van der Waals surface area contributed by atoms with Gasteiger partial charge in [0.25, 0.3) is 0 Å². The van der Waals surface area contributed by atoms with E-state index in [1.165, 1.54) is 0 Å². The summed E-state index contributed by atoms with van der Waals surface area (Å²) in [6, 6.07) is 0. The minimum Gasteiger partial charge on any atom is -0.386 e. The van der Waals surface area contributed by atoms with Crippen molar-refractivity contribution >= 4 is 29.0 Å². The van der Waals surface area contributed by atoms with Crippen molar-refractivity contribution in [3.8, 4) is 0 Å². The van der Waals surface area contributed by atoms with Crippen molar-refractivity contribution in [3.63, 3.8) is 0 Å². The topological polar surface area (TPSA) is 76.8 Å². The van der Waals surface area contributed by atoms with Gasteiger partial charge in [-0.05, 0) is 19.1 Å². The van der Waals surface area contributed by atoms with Crippen LogP contribution in [0.4, 0.5) is 0 Å². The molecule has 0 aliphatic carbocycles. The largest absolute Gasteiger partial charge is 0.386 e. The van der Waals surface area contributed by atoms with Crippen LogP contribution in [0.5, 0.6) is 0 Å². The number of amidine groups is 2. The first-order chi connectivity index (χ1) is 4.61. The third kappa shape index (κ3) is 1.13. The summed E-state index contributed by atoms with van der Waals surface area (Å²) < 4.78 is 0. The van der Waals surface area contributed by atoms with E-state index in [2.05, 4.69) is 22.2 Å². The number of aliphatic imine (C=N–C) groups is 2. The fraction of sp³-hybridized carbons (Fsp3) is 0.400. The van der Waals surface area contributed by atoms with Gasteiger partial charge in [-0.3, -0.25) is 0 Å². The lowest BCUT2D eigenvalue weighted by atomic mass is 10.1. The summed E-state index contributed by atoms with van der Waals surface area (Å²) in [4.78, 5) is 7.54. The predicted molar refractivity (Wildman–Crippen MR) is 45.0 cm³/mol. The van der Waals surface area contributed by atoms with E-state index in [-0.39, 0.29) is 11.0 Å². The zero-order chi connectivity index (χ0) is 7.72. The molecular formula is C5H8N4S. The third-order valence-corrected chi connectivity index (χ3v) is 1.52. The molecule has 1 rings (SSSR count). The molecule has 0 unspecified atom stereocenters. The summed E-state index contributed by atoms with van der Waals surface area (Å²) in [5, 5.41) is 0.216. The smallest absolute Gasteiger partial charge is 0.222 e. The van der Waals surface area contributed by atoms with E-state index in [0.29, 0.717) is 11.7 Å². The molecule has 5 heteroatoms. The summed E-state index contributed by atoms with van der Waals surface area (Å²) in [6.07, 6.45) is 0. The molecule has 1 aliphatic rings. The van der Waals surface area contributed by atoms with Crippen molar-refractivity contribution in [2.45, 2.75) is 6.92 Å². The van der Waals surface area contributed by atoms with Crippen LogP contribution in [-0.4, -0.2) is 16.8 Å². The van der Waals surface area contributed by atoms with Crippen LogP contribution in [0.15, 0.2) is 9.98 Å². The number of hydrogen-bond acceptors (Lipinski definition) is 3. The summed E-state index contributed by atoms with van der Waals surface area (Å²) in [6.45, 7) is 1.83. The quantitative estimate of drug-likeness (QED) is 0.470. The molecule has 0 radical (unpaired) electrons. The molecule has 0 spiro atoms. The molecule has 4 nitrogen and oxygen atoms in total. The highest BCUT2D eigenvalue weighted by molar-refractivity contribution is 7.80. The second kappa shape index (κ2) is 2.34. The Morgan fingerprint density at radius 2 is 1.70 bits per heavy atom. The number of nitrogens with zero attached hydrogens (tertiary/aromatic N) is 2. The molecule has 0 aromatic heterocycles. The van der Waals surface area contributed by atoms with Crippen LogP contribution >= 0.6 is 12.2 Å². The summed E-state index contributed by atoms with van der Waals surface area (Å²) in [7, 11) is 0. The Balaban J connectivity index is 2.93. The lowest BCUT2D eigenvalue weighted by Crippen LogP contribution is -2.37. The Morgan fingerprint density at radius 3 is 2.10 bits per heavy atom. The molecule has 1 aliphatic heterocycles. The van der Waals surface area contributed by atoms with Crippen molar-refractivity contribution in [1.82, 2.24) is 0 Å². The molecule has 4 N–H and O–H groups in total. The third-order valence-electron chi connectivity index (χ3n) is 1.34. The monoisotopic (exact) mass is 156 g/mol. The van der Waals surface area contributed by atoms with Crippen LogP contribution < -0.4 is 11.5 Å². The van der Waals surface area contributed by atoms with Crippen LogP contribution in [0.25, 0.3) is 0 Å². The van der Waals surface area contributed by atoms with Crippen LogP contribution in [-0.2, 0) is 0 Å². The Labute approximate surface area is 64.0 Å². The first kappa shape index (κ1) is 7.14. The lowest BCUT2D eigenvalue weighted by molar-refractivity contribution is 1.01. The van der Waals surface area contributed by atoms with E-state index < -0.39 is 0 Å². The van der Waals surface area contributed by atoms with Gasteiger partial charge in [0.15, 0.2) is 0 Å². The molecule has 0 atom stereocenters. The van der Waals surface area contributed by atoms with Crippen molar-refractivity contribution in [1.29, 1.82) is 0 Å². The maximum atomic E-state index is 5.46. The molecule has 10 heavy (non-hydrogen) atoms. The molecule has 1 heterocycles. The maximum absolute atomic E-state index is 5.46. The van der Waals surface area contributed by atoms with Crippen molar-refractivity contribution in [2.24, 2.45) is 27.4 Å². The Hall–Kier alpha value is -0.970. The van der Waals surface area contributed by atoms with Crippen molar-refractivity contribution in [2.75, 3.05) is 0 Å². The van der Waals surface area contributed by atoms with Gasteiger partial charge in [-0.15, -0.1) is 0 Å². The van der Waals surface area contributed by atoms with Crippen molar-refractivity contribution in [3.05, 3.63) is 0 Å². The Bertz CT molecular complexity index is 208.